The van der Waals surface area contributed by atoms with E-state index < -0.39 is 11.7 Å². The first-order chi connectivity index (χ1) is 15.4. The van der Waals surface area contributed by atoms with Crippen molar-refractivity contribution in [3.63, 3.8) is 0 Å². The standard InChI is InChI=1S/C22H26F3N5O2S/c1-21(2,3)16-10-18(31)30-12-14(13-33-20(30)27-16)19(32)29-8-6-28(7-9-29)17-5-4-15(11-26-17)22(23,24)25/h4-5,10-11,14H,6-9,12-13H2,1-3H3. The summed E-state index contributed by atoms with van der Waals surface area (Å²) in [7, 11) is 0. The molecule has 2 aromatic rings. The second-order valence-electron chi connectivity index (χ2n) is 9.35. The summed E-state index contributed by atoms with van der Waals surface area (Å²) < 4.78 is 39.8. The van der Waals surface area contributed by atoms with Gasteiger partial charge in [-0.2, -0.15) is 13.2 Å². The lowest BCUT2D eigenvalue weighted by molar-refractivity contribution is -0.138. The van der Waals surface area contributed by atoms with Crippen molar-refractivity contribution < 1.29 is 18.0 Å². The van der Waals surface area contributed by atoms with Gasteiger partial charge in [-0.15, -0.1) is 0 Å². The van der Waals surface area contributed by atoms with Crippen molar-refractivity contribution in [2.45, 2.75) is 44.1 Å². The number of amides is 1. The smallest absolute Gasteiger partial charge is 0.353 e. The molecule has 1 unspecified atom stereocenters. The Morgan fingerprint density at radius 1 is 1.12 bits per heavy atom. The van der Waals surface area contributed by atoms with Crippen LogP contribution in [-0.2, 0) is 22.9 Å². The molecule has 2 aliphatic heterocycles. The van der Waals surface area contributed by atoms with Gasteiger partial charge in [-0.3, -0.25) is 14.2 Å². The Hall–Kier alpha value is -2.56. The maximum atomic E-state index is 13.1. The number of hydrogen-bond donors (Lipinski definition) is 0. The molecule has 1 amide bonds. The second-order valence-corrected chi connectivity index (χ2v) is 10.3. The molecule has 0 bridgehead atoms. The molecule has 1 atom stereocenters. The third-order valence-corrected chi connectivity index (χ3v) is 7.04. The van der Waals surface area contributed by atoms with E-state index in [0.29, 0.717) is 49.5 Å². The van der Waals surface area contributed by atoms with Crippen molar-refractivity contribution in [1.29, 1.82) is 0 Å². The number of thioether (sulfide) groups is 1. The van der Waals surface area contributed by atoms with Gasteiger partial charge in [-0.1, -0.05) is 32.5 Å². The molecule has 0 aromatic carbocycles. The molecule has 1 saturated heterocycles. The van der Waals surface area contributed by atoms with E-state index in [4.69, 9.17) is 0 Å². The zero-order valence-electron chi connectivity index (χ0n) is 18.7. The van der Waals surface area contributed by atoms with E-state index in [-0.39, 0.29) is 22.8 Å². The summed E-state index contributed by atoms with van der Waals surface area (Å²) in [6.45, 7) is 8.19. The van der Waals surface area contributed by atoms with E-state index in [1.54, 1.807) is 15.5 Å². The Morgan fingerprint density at radius 3 is 2.39 bits per heavy atom. The van der Waals surface area contributed by atoms with Crippen LogP contribution in [-0.4, -0.2) is 57.3 Å². The summed E-state index contributed by atoms with van der Waals surface area (Å²) in [4.78, 5) is 38.0. The van der Waals surface area contributed by atoms with Gasteiger partial charge in [0.2, 0.25) is 5.91 Å². The largest absolute Gasteiger partial charge is 0.417 e. The molecule has 2 aliphatic rings. The molecule has 2 aromatic heterocycles. The van der Waals surface area contributed by atoms with E-state index in [1.165, 1.54) is 17.8 Å². The van der Waals surface area contributed by atoms with Gasteiger partial charge < -0.3 is 9.80 Å². The van der Waals surface area contributed by atoms with Gasteiger partial charge in [-0.05, 0) is 12.1 Å². The Morgan fingerprint density at radius 2 is 1.82 bits per heavy atom. The lowest BCUT2D eigenvalue weighted by atomic mass is 9.92. The third kappa shape index (κ3) is 5.02. The Kier molecular flexibility index (Phi) is 6.19. The summed E-state index contributed by atoms with van der Waals surface area (Å²) >= 11 is 1.43. The summed E-state index contributed by atoms with van der Waals surface area (Å²) in [5.74, 6) is 0.683. The predicted octanol–water partition coefficient (Wildman–Crippen LogP) is 3.03. The first-order valence-electron chi connectivity index (χ1n) is 10.8. The number of halogens is 3. The van der Waals surface area contributed by atoms with Gasteiger partial charge in [0.05, 0.1) is 17.2 Å². The van der Waals surface area contributed by atoms with Gasteiger partial charge in [0, 0.05) is 56.2 Å². The van der Waals surface area contributed by atoms with E-state index in [1.807, 2.05) is 25.7 Å². The van der Waals surface area contributed by atoms with Crippen LogP contribution in [0.5, 0.6) is 0 Å². The Labute approximate surface area is 194 Å². The molecule has 0 spiro atoms. The third-order valence-electron chi connectivity index (χ3n) is 5.90. The van der Waals surface area contributed by atoms with Crippen molar-refractivity contribution >= 4 is 23.5 Å². The molecule has 0 aliphatic carbocycles. The highest BCUT2D eigenvalue weighted by molar-refractivity contribution is 7.99. The highest BCUT2D eigenvalue weighted by Gasteiger charge is 2.34. The van der Waals surface area contributed by atoms with Gasteiger partial charge >= 0.3 is 6.18 Å². The minimum atomic E-state index is -4.42. The molecule has 1 fully saturated rings. The highest BCUT2D eigenvalue weighted by atomic mass is 32.2. The van der Waals surface area contributed by atoms with Crippen LogP contribution in [0.25, 0.3) is 0 Å². The SMILES string of the molecule is CC(C)(C)c1cc(=O)n2c(n1)SCC(C(=O)N1CCN(c3ccc(C(F)(F)F)cn3)CC1)C2. The van der Waals surface area contributed by atoms with Crippen LogP contribution in [0.4, 0.5) is 19.0 Å². The lowest BCUT2D eigenvalue weighted by Gasteiger charge is -2.37. The molecule has 33 heavy (non-hydrogen) atoms. The van der Waals surface area contributed by atoms with E-state index >= 15 is 0 Å². The molecule has 7 nitrogen and oxygen atoms in total. The molecule has 4 rings (SSSR count). The maximum absolute atomic E-state index is 13.1. The van der Waals surface area contributed by atoms with E-state index in [9.17, 15) is 22.8 Å². The summed E-state index contributed by atoms with van der Waals surface area (Å²) in [6.07, 6.45) is -3.58. The van der Waals surface area contributed by atoms with E-state index in [0.717, 1.165) is 18.0 Å². The van der Waals surface area contributed by atoms with Crippen molar-refractivity contribution in [2.75, 3.05) is 36.8 Å². The average Bonchev–Trinajstić information content (AvgIpc) is 2.77. The molecule has 0 N–H and O–H groups in total. The number of nitrogens with zero attached hydrogens (tertiary/aromatic N) is 5. The number of fused-ring (bicyclic) bond motifs is 1. The first kappa shape index (κ1) is 23.6. The van der Waals surface area contributed by atoms with E-state index in [2.05, 4.69) is 9.97 Å². The number of carbonyl (C=O) groups is 1. The Bertz CT molecular complexity index is 1090. The Balaban J connectivity index is 1.38. The molecular weight excluding hydrogens is 455 g/mol. The average molecular weight is 482 g/mol. The fraction of sp³-hybridized carbons (Fsp3) is 0.545. The predicted molar refractivity (Wildman–Crippen MR) is 119 cm³/mol. The van der Waals surface area contributed by atoms with Crippen molar-refractivity contribution in [3.05, 3.63) is 46.0 Å². The van der Waals surface area contributed by atoms with Crippen LogP contribution < -0.4 is 10.5 Å². The molecule has 178 valence electrons. The van der Waals surface area contributed by atoms with Crippen molar-refractivity contribution in [2.24, 2.45) is 5.92 Å². The van der Waals surface area contributed by atoms with Crippen LogP contribution in [0.1, 0.15) is 32.0 Å². The number of aromatic nitrogens is 3. The number of hydrogen-bond acceptors (Lipinski definition) is 6. The van der Waals surface area contributed by atoms with Gasteiger partial charge in [0.1, 0.15) is 5.82 Å². The summed E-state index contributed by atoms with van der Waals surface area (Å²) in [5, 5.41) is 0.648. The normalized spacial score (nSPS) is 19.4. The zero-order chi connectivity index (χ0) is 24.0. The van der Waals surface area contributed by atoms with Gasteiger partial charge in [-0.25, -0.2) is 9.97 Å². The summed E-state index contributed by atoms with van der Waals surface area (Å²) in [5.41, 5.74) is -0.421. The molecule has 4 heterocycles. The zero-order valence-corrected chi connectivity index (χ0v) is 19.5. The monoisotopic (exact) mass is 481 g/mol. The van der Waals surface area contributed by atoms with Gasteiger partial charge in [0.15, 0.2) is 5.16 Å². The number of piperazine rings is 1. The van der Waals surface area contributed by atoms with Gasteiger partial charge in [0.25, 0.3) is 5.56 Å². The maximum Gasteiger partial charge on any atom is 0.417 e. The fourth-order valence-electron chi connectivity index (χ4n) is 3.90. The van der Waals surface area contributed by atoms with Crippen LogP contribution in [0, 0.1) is 5.92 Å². The van der Waals surface area contributed by atoms with Crippen LogP contribution >= 0.6 is 11.8 Å². The molecule has 11 heteroatoms. The summed E-state index contributed by atoms with van der Waals surface area (Å²) in [6, 6.07) is 3.93. The minimum Gasteiger partial charge on any atom is -0.353 e. The number of alkyl halides is 3. The van der Waals surface area contributed by atoms with Crippen molar-refractivity contribution in [3.8, 4) is 0 Å². The number of rotatable bonds is 2. The minimum absolute atomic E-state index is 0.0139. The quantitative estimate of drug-likeness (QED) is 0.615. The van der Waals surface area contributed by atoms with Crippen LogP contribution in [0.15, 0.2) is 34.3 Å². The van der Waals surface area contributed by atoms with Crippen LogP contribution in [0.3, 0.4) is 0 Å². The number of anilines is 1. The highest BCUT2D eigenvalue weighted by Crippen LogP contribution is 2.31. The lowest BCUT2D eigenvalue weighted by Crippen LogP contribution is -2.52. The second kappa shape index (κ2) is 8.66. The first-order valence-corrected chi connectivity index (χ1v) is 11.7. The fourth-order valence-corrected chi connectivity index (χ4v) is 4.98. The van der Waals surface area contributed by atoms with Crippen LogP contribution in [0.2, 0.25) is 0 Å². The number of carbonyl (C=O) groups excluding carboxylic acids is 1. The number of pyridine rings is 1. The topological polar surface area (TPSA) is 71.3 Å². The van der Waals surface area contributed by atoms with Crippen molar-refractivity contribution in [1.82, 2.24) is 19.4 Å². The molecule has 0 radical (unpaired) electrons. The molecular formula is C22H26F3N5O2S. The molecule has 0 saturated carbocycles.